The lowest BCUT2D eigenvalue weighted by atomic mass is 10.1. The van der Waals surface area contributed by atoms with E-state index in [0.29, 0.717) is 18.0 Å². The average molecular weight is 388 g/mol. The van der Waals surface area contributed by atoms with Crippen LogP contribution in [0, 0.1) is 0 Å². The van der Waals surface area contributed by atoms with Gasteiger partial charge in [-0.05, 0) is 22.6 Å². The third-order valence-electron chi connectivity index (χ3n) is 4.47. The van der Waals surface area contributed by atoms with Crippen LogP contribution in [0.3, 0.4) is 0 Å². The Bertz CT molecular complexity index is 743. The summed E-state index contributed by atoms with van der Waals surface area (Å²) in [6, 6.07) is 11.8. The number of morpholine rings is 1. The molecular formula is C20H25N3O3S. The van der Waals surface area contributed by atoms with Gasteiger partial charge in [-0.3, -0.25) is 14.5 Å². The zero-order valence-corrected chi connectivity index (χ0v) is 16.1. The molecule has 1 fully saturated rings. The quantitative estimate of drug-likeness (QED) is 0.727. The summed E-state index contributed by atoms with van der Waals surface area (Å²) in [6.07, 6.45) is 0.267. The lowest BCUT2D eigenvalue weighted by Gasteiger charge is -2.27. The Kier molecular flexibility index (Phi) is 7.38. The molecule has 144 valence electrons. The summed E-state index contributed by atoms with van der Waals surface area (Å²) in [7, 11) is 0. The molecule has 0 saturated carbocycles. The fraction of sp³-hybridized carbons (Fsp3) is 0.400. The number of hydrogen-bond donors (Lipinski definition) is 2. The molecule has 2 heterocycles. The van der Waals surface area contributed by atoms with Crippen LogP contribution in [0.2, 0.25) is 0 Å². The van der Waals surface area contributed by atoms with E-state index in [0.717, 1.165) is 38.4 Å². The molecule has 1 saturated heterocycles. The third-order valence-corrected chi connectivity index (χ3v) is 5.34. The van der Waals surface area contributed by atoms with Crippen LogP contribution in [-0.4, -0.2) is 49.6 Å². The van der Waals surface area contributed by atoms with Gasteiger partial charge in [-0.25, -0.2) is 0 Å². The fourth-order valence-electron chi connectivity index (χ4n) is 2.95. The highest BCUT2D eigenvalue weighted by atomic mass is 32.1. The number of rotatable bonds is 8. The third kappa shape index (κ3) is 6.16. The maximum absolute atomic E-state index is 12.1. The van der Waals surface area contributed by atoms with E-state index in [1.54, 1.807) is 6.07 Å². The van der Waals surface area contributed by atoms with Gasteiger partial charge < -0.3 is 15.4 Å². The second-order valence-corrected chi connectivity index (χ2v) is 7.36. The summed E-state index contributed by atoms with van der Waals surface area (Å²) in [4.78, 5) is 27.0. The van der Waals surface area contributed by atoms with Crippen molar-refractivity contribution in [2.24, 2.45) is 0 Å². The first-order chi connectivity index (χ1) is 13.2. The van der Waals surface area contributed by atoms with Crippen LogP contribution in [0.5, 0.6) is 0 Å². The first kappa shape index (κ1) is 19.5. The van der Waals surface area contributed by atoms with Crippen molar-refractivity contribution in [2.75, 3.05) is 32.8 Å². The molecule has 2 aromatic rings. The molecule has 1 aliphatic heterocycles. The van der Waals surface area contributed by atoms with Gasteiger partial charge in [0, 0.05) is 39.1 Å². The van der Waals surface area contributed by atoms with E-state index < -0.39 is 0 Å². The maximum Gasteiger partial charge on any atom is 0.261 e. The van der Waals surface area contributed by atoms with Gasteiger partial charge in [-0.2, -0.15) is 0 Å². The molecule has 27 heavy (non-hydrogen) atoms. The number of carbonyl (C=O) groups excluding carboxylic acids is 2. The van der Waals surface area contributed by atoms with E-state index in [-0.39, 0.29) is 18.2 Å². The normalized spacial score (nSPS) is 14.7. The first-order valence-corrected chi connectivity index (χ1v) is 10.1. The van der Waals surface area contributed by atoms with Crippen LogP contribution in [0.4, 0.5) is 0 Å². The second kappa shape index (κ2) is 10.2. The van der Waals surface area contributed by atoms with Crippen LogP contribution >= 0.6 is 11.3 Å². The molecule has 3 rings (SSSR count). The smallest absolute Gasteiger partial charge is 0.261 e. The van der Waals surface area contributed by atoms with E-state index in [2.05, 4.69) is 27.7 Å². The van der Waals surface area contributed by atoms with E-state index in [1.165, 1.54) is 16.9 Å². The van der Waals surface area contributed by atoms with Crippen LogP contribution < -0.4 is 10.6 Å². The highest BCUT2D eigenvalue weighted by molar-refractivity contribution is 7.12. The van der Waals surface area contributed by atoms with Crippen molar-refractivity contribution in [3.8, 4) is 0 Å². The van der Waals surface area contributed by atoms with Crippen molar-refractivity contribution in [1.29, 1.82) is 0 Å². The Morgan fingerprint density at radius 1 is 1.04 bits per heavy atom. The molecule has 1 aliphatic rings. The van der Waals surface area contributed by atoms with Gasteiger partial charge in [0.15, 0.2) is 0 Å². The van der Waals surface area contributed by atoms with Gasteiger partial charge in [-0.1, -0.05) is 30.3 Å². The van der Waals surface area contributed by atoms with E-state index >= 15 is 0 Å². The summed E-state index contributed by atoms with van der Waals surface area (Å²) in [6.45, 7) is 5.12. The number of thiophene rings is 1. The Morgan fingerprint density at radius 2 is 1.81 bits per heavy atom. The van der Waals surface area contributed by atoms with Crippen LogP contribution in [0.25, 0.3) is 0 Å². The van der Waals surface area contributed by atoms with Crippen LogP contribution in [0.15, 0.2) is 41.8 Å². The van der Waals surface area contributed by atoms with Gasteiger partial charge in [0.05, 0.1) is 18.1 Å². The molecule has 0 radical (unpaired) electrons. The number of hydrogen-bond acceptors (Lipinski definition) is 5. The number of ether oxygens (including phenoxy) is 1. The number of amides is 2. The minimum absolute atomic E-state index is 0.0670. The predicted molar refractivity (Wildman–Crippen MR) is 106 cm³/mol. The number of nitrogens with one attached hydrogen (secondary N) is 2. The molecule has 0 spiro atoms. The molecule has 6 nitrogen and oxygen atoms in total. The summed E-state index contributed by atoms with van der Waals surface area (Å²) >= 11 is 1.39. The Balaban J connectivity index is 1.42. The summed E-state index contributed by atoms with van der Waals surface area (Å²) in [5, 5.41) is 7.58. The lowest BCUT2D eigenvalue weighted by molar-refractivity contribution is -0.121. The largest absolute Gasteiger partial charge is 0.379 e. The molecule has 1 aromatic heterocycles. The van der Waals surface area contributed by atoms with Crippen LogP contribution in [-0.2, 0) is 22.6 Å². The van der Waals surface area contributed by atoms with Crippen molar-refractivity contribution >= 4 is 23.2 Å². The molecular weight excluding hydrogens is 362 g/mol. The summed E-state index contributed by atoms with van der Waals surface area (Å²) in [5.41, 5.74) is 2.35. The molecule has 2 amide bonds. The Hall–Kier alpha value is -2.22. The minimum Gasteiger partial charge on any atom is -0.379 e. The SMILES string of the molecule is O=C(CCNC(=O)c1cccs1)NCc1ccccc1CN1CCOCC1. The average Bonchev–Trinajstić information content (AvgIpc) is 3.23. The van der Waals surface area contributed by atoms with Gasteiger partial charge in [0.25, 0.3) is 5.91 Å². The molecule has 2 N–H and O–H groups in total. The van der Waals surface area contributed by atoms with Gasteiger partial charge >= 0.3 is 0 Å². The molecule has 0 aliphatic carbocycles. The minimum atomic E-state index is -0.131. The summed E-state index contributed by atoms with van der Waals surface area (Å²) < 4.78 is 5.40. The number of benzene rings is 1. The molecule has 0 bridgehead atoms. The van der Waals surface area contributed by atoms with Crippen molar-refractivity contribution in [2.45, 2.75) is 19.5 Å². The zero-order valence-electron chi connectivity index (χ0n) is 15.3. The predicted octanol–water partition coefficient (Wildman–Crippen LogP) is 2.02. The van der Waals surface area contributed by atoms with Crippen molar-refractivity contribution in [3.05, 3.63) is 57.8 Å². The van der Waals surface area contributed by atoms with Crippen molar-refractivity contribution < 1.29 is 14.3 Å². The fourth-order valence-corrected chi connectivity index (χ4v) is 3.59. The van der Waals surface area contributed by atoms with Crippen molar-refractivity contribution in [3.63, 3.8) is 0 Å². The van der Waals surface area contributed by atoms with E-state index in [9.17, 15) is 9.59 Å². The van der Waals surface area contributed by atoms with Crippen molar-refractivity contribution in [1.82, 2.24) is 15.5 Å². The highest BCUT2D eigenvalue weighted by Gasteiger charge is 2.13. The Labute approximate surface area is 163 Å². The zero-order chi connectivity index (χ0) is 18.9. The van der Waals surface area contributed by atoms with E-state index in [1.807, 2.05) is 23.6 Å². The Morgan fingerprint density at radius 3 is 2.56 bits per heavy atom. The first-order valence-electron chi connectivity index (χ1n) is 9.17. The van der Waals surface area contributed by atoms with Gasteiger partial charge in [0.1, 0.15) is 0 Å². The summed E-state index contributed by atoms with van der Waals surface area (Å²) in [5.74, 6) is -0.198. The van der Waals surface area contributed by atoms with Gasteiger partial charge in [0.2, 0.25) is 5.91 Å². The molecule has 1 aromatic carbocycles. The number of carbonyl (C=O) groups is 2. The van der Waals surface area contributed by atoms with E-state index in [4.69, 9.17) is 4.74 Å². The van der Waals surface area contributed by atoms with Gasteiger partial charge in [-0.15, -0.1) is 11.3 Å². The molecule has 0 atom stereocenters. The maximum atomic E-state index is 12.1. The topological polar surface area (TPSA) is 70.7 Å². The second-order valence-electron chi connectivity index (χ2n) is 6.42. The number of nitrogens with zero attached hydrogens (tertiary/aromatic N) is 1. The monoisotopic (exact) mass is 387 g/mol. The molecule has 0 unspecified atom stereocenters. The lowest BCUT2D eigenvalue weighted by Crippen LogP contribution is -2.36. The van der Waals surface area contributed by atoms with Crippen LogP contribution in [0.1, 0.15) is 27.2 Å². The molecule has 7 heteroatoms. The highest BCUT2D eigenvalue weighted by Crippen LogP contribution is 2.13. The standard InChI is InChI=1S/C20H25N3O3S/c24-19(7-8-21-20(25)18-6-3-13-27-18)22-14-16-4-1-2-5-17(16)15-23-9-11-26-12-10-23/h1-6,13H,7-12,14-15H2,(H,21,25)(H,22,24).